The maximum Gasteiger partial charge on any atom is 0.417 e. The van der Waals surface area contributed by atoms with Crippen molar-refractivity contribution in [1.29, 1.82) is 5.26 Å². The average Bonchev–Trinajstić information content (AvgIpc) is 2.40. The summed E-state index contributed by atoms with van der Waals surface area (Å²) in [4.78, 5) is 3.34. The molecule has 0 bridgehead atoms. The Hall–Kier alpha value is -2.49. The fraction of sp³-hybridized carbons (Fsp3) is 0.0769. The molecule has 0 aliphatic rings. The van der Waals surface area contributed by atoms with Crippen molar-refractivity contribution < 1.29 is 22.0 Å². The van der Waals surface area contributed by atoms with E-state index >= 15 is 0 Å². The van der Waals surface area contributed by atoms with Crippen LogP contribution in [0.5, 0.6) is 0 Å². The summed E-state index contributed by atoms with van der Waals surface area (Å²) in [6.45, 7) is 0. The molecule has 2 nitrogen and oxygen atoms in total. The van der Waals surface area contributed by atoms with Crippen molar-refractivity contribution in [3.05, 3.63) is 53.4 Å². The van der Waals surface area contributed by atoms with Crippen LogP contribution in [0.3, 0.4) is 0 Å². The number of aromatic nitrogens is 1. The average molecular weight is 284 g/mol. The maximum absolute atomic E-state index is 13.6. The van der Waals surface area contributed by atoms with E-state index in [0.717, 1.165) is 18.2 Å². The molecule has 0 spiro atoms. The second-order valence-corrected chi connectivity index (χ2v) is 3.83. The Labute approximate surface area is 110 Å². The predicted octanol–water partition coefficient (Wildman–Crippen LogP) is 3.92. The Kier molecular flexibility index (Phi) is 3.40. The van der Waals surface area contributed by atoms with Gasteiger partial charge >= 0.3 is 6.18 Å². The van der Waals surface area contributed by atoms with Crippen LogP contribution in [0, 0.1) is 23.0 Å². The fourth-order valence-electron chi connectivity index (χ4n) is 1.63. The van der Waals surface area contributed by atoms with Crippen molar-refractivity contribution >= 4 is 0 Å². The number of pyridine rings is 1. The maximum atomic E-state index is 13.6. The first-order chi connectivity index (χ1) is 9.34. The molecule has 0 saturated carbocycles. The third kappa shape index (κ3) is 2.45. The number of alkyl halides is 3. The predicted molar refractivity (Wildman–Crippen MR) is 59.3 cm³/mol. The summed E-state index contributed by atoms with van der Waals surface area (Å²) in [6.07, 6.45) is -4.22. The van der Waals surface area contributed by atoms with Gasteiger partial charge in [0.1, 0.15) is 11.8 Å². The van der Waals surface area contributed by atoms with Crippen LogP contribution >= 0.6 is 0 Å². The second-order valence-electron chi connectivity index (χ2n) is 3.83. The minimum atomic E-state index is -4.69. The van der Waals surface area contributed by atoms with Gasteiger partial charge in [-0.1, -0.05) is 12.1 Å². The van der Waals surface area contributed by atoms with Crippen LogP contribution in [0.25, 0.3) is 11.1 Å². The number of halogens is 5. The van der Waals surface area contributed by atoms with Gasteiger partial charge in [-0.2, -0.15) is 18.4 Å². The summed E-state index contributed by atoms with van der Waals surface area (Å²) in [7, 11) is 0. The first kappa shape index (κ1) is 13.9. The Morgan fingerprint density at radius 2 is 1.80 bits per heavy atom. The van der Waals surface area contributed by atoms with E-state index in [1.165, 1.54) is 0 Å². The number of nitrogens with zero attached hydrogens (tertiary/aromatic N) is 2. The van der Waals surface area contributed by atoms with Gasteiger partial charge in [0.15, 0.2) is 11.6 Å². The summed E-state index contributed by atoms with van der Waals surface area (Å²) in [5.41, 5.74) is -2.41. The SMILES string of the molecule is N#Cc1ncc(C(F)(F)F)cc1-c1cccc(F)c1F. The van der Waals surface area contributed by atoms with Gasteiger partial charge in [-0.25, -0.2) is 13.8 Å². The van der Waals surface area contributed by atoms with E-state index in [9.17, 15) is 22.0 Å². The molecule has 0 radical (unpaired) electrons. The van der Waals surface area contributed by atoms with Crippen LogP contribution < -0.4 is 0 Å². The van der Waals surface area contributed by atoms with Crippen molar-refractivity contribution in [3.63, 3.8) is 0 Å². The summed E-state index contributed by atoms with van der Waals surface area (Å²) in [6, 6.07) is 5.16. The van der Waals surface area contributed by atoms with Crippen LogP contribution in [0.1, 0.15) is 11.3 Å². The zero-order valence-corrected chi connectivity index (χ0v) is 9.67. The molecule has 1 aromatic carbocycles. The van der Waals surface area contributed by atoms with Crippen LogP contribution in [0.4, 0.5) is 22.0 Å². The molecular weight excluding hydrogens is 279 g/mol. The molecule has 2 rings (SSSR count). The lowest BCUT2D eigenvalue weighted by molar-refractivity contribution is -0.137. The quantitative estimate of drug-likeness (QED) is 0.744. The second kappa shape index (κ2) is 4.89. The number of nitriles is 1. The van der Waals surface area contributed by atoms with Gasteiger partial charge in [0, 0.05) is 17.3 Å². The van der Waals surface area contributed by atoms with E-state index in [2.05, 4.69) is 4.98 Å². The summed E-state index contributed by atoms with van der Waals surface area (Å²) in [5, 5.41) is 8.82. The van der Waals surface area contributed by atoms with Crippen molar-refractivity contribution in [3.8, 4) is 17.2 Å². The first-order valence-corrected chi connectivity index (χ1v) is 5.26. The van der Waals surface area contributed by atoms with Gasteiger partial charge < -0.3 is 0 Å². The molecule has 1 aromatic heterocycles. The Balaban J connectivity index is 2.72. The molecule has 7 heteroatoms. The molecule has 102 valence electrons. The molecule has 0 aliphatic heterocycles. The fourth-order valence-corrected chi connectivity index (χ4v) is 1.63. The topological polar surface area (TPSA) is 36.7 Å². The zero-order chi connectivity index (χ0) is 14.9. The van der Waals surface area contributed by atoms with E-state index in [1.807, 2.05) is 0 Å². The molecule has 0 saturated heterocycles. The monoisotopic (exact) mass is 284 g/mol. The molecule has 20 heavy (non-hydrogen) atoms. The summed E-state index contributed by atoms with van der Waals surface area (Å²) < 4.78 is 64.6. The van der Waals surface area contributed by atoms with E-state index in [4.69, 9.17) is 5.26 Å². The smallest absolute Gasteiger partial charge is 0.244 e. The Morgan fingerprint density at radius 1 is 1.10 bits per heavy atom. The third-order valence-corrected chi connectivity index (χ3v) is 2.56. The van der Waals surface area contributed by atoms with Gasteiger partial charge in [0.25, 0.3) is 0 Å². The van der Waals surface area contributed by atoms with E-state index < -0.39 is 40.2 Å². The van der Waals surface area contributed by atoms with E-state index in [0.29, 0.717) is 12.3 Å². The summed E-state index contributed by atoms with van der Waals surface area (Å²) >= 11 is 0. The number of rotatable bonds is 1. The Bertz CT molecular complexity index is 701. The molecular formula is C13H5F5N2. The summed E-state index contributed by atoms with van der Waals surface area (Å²) in [5.74, 6) is -2.55. The van der Waals surface area contributed by atoms with Crippen LogP contribution in [0.2, 0.25) is 0 Å². The third-order valence-electron chi connectivity index (χ3n) is 2.56. The van der Waals surface area contributed by atoms with Crippen molar-refractivity contribution in [2.45, 2.75) is 6.18 Å². The lowest BCUT2D eigenvalue weighted by Crippen LogP contribution is -2.07. The lowest BCUT2D eigenvalue weighted by Gasteiger charge is -2.10. The minimum Gasteiger partial charge on any atom is -0.244 e. The molecule has 0 atom stereocenters. The minimum absolute atomic E-state index is 0.403. The number of benzene rings is 1. The lowest BCUT2D eigenvalue weighted by atomic mass is 10.0. The van der Waals surface area contributed by atoms with Gasteiger partial charge in [0.05, 0.1) is 5.56 Å². The van der Waals surface area contributed by atoms with Gasteiger partial charge in [0.2, 0.25) is 0 Å². The number of hydrogen-bond donors (Lipinski definition) is 0. The van der Waals surface area contributed by atoms with Crippen molar-refractivity contribution in [2.75, 3.05) is 0 Å². The molecule has 0 fully saturated rings. The molecule has 0 amide bonds. The largest absolute Gasteiger partial charge is 0.417 e. The van der Waals surface area contributed by atoms with E-state index in [1.54, 1.807) is 6.07 Å². The molecule has 2 aromatic rings. The van der Waals surface area contributed by atoms with Crippen LogP contribution in [-0.4, -0.2) is 4.98 Å². The van der Waals surface area contributed by atoms with Crippen molar-refractivity contribution in [2.24, 2.45) is 0 Å². The zero-order valence-electron chi connectivity index (χ0n) is 9.67. The van der Waals surface area contributed by atoms with Crippen LogP contribution in [0.15, 0.2) is 30.5 Å². The number of hydrogen-bond acceptors (Lipinski definition) is 2. The molecule has 0 unspecified atom stereocenters. The highest BCUT2D eigenvalue weighted by atomic mass is 19.4. The van der Waals surface area contributed by atoms with Gasteiger partial charge in [-0.05, 0) is 12.1 Å². The standard InChI is InChI=1S/C13H5F5N2/c14-10-3-1-2-8(12(10)15)9-4-7(13(16,17)18)6-20-11(9)5-19/h1-4,6H. The van der Waals surface area contributed by atoms with Gasteiger partial charge in [-0.3, -0.25) is 0 Å². The highest BCUT2D eigenvalue weighted by Crippen LogP contribution is 2.34. The first-order valence-electron chi connectivity index (χ1n) is 5.26. The van der Waals surface area contributed by atoms with Crippen molar-refractivity contribution in [1.82, 2.24) is 4.98 Å². The Morgan fingerprint density at radius 3 is 2.40 bits per heavy atom. The van der Waals surface area contributed by atoms with Crippen LogP contribution in [-0.2, 0) is 6.18 Å². The molecule has 0 aliphatic carbocycles. The molecule has 0 N–H and O–H groups in total. The normalized spacial score (nSPS) is 11.2. The highest BCUT2D eigenvalue weighted by Gasteiger charge is 2.32. The van der Waals surface area contributed by atoms with E-state index in [-0.39, 0.29) is 0 Å². The van der Waals surface area contributed by atoms with Gasteiger partial charge in [-0.15, -0.1) is 0 Å². The molecule has 1 heterocycles. The highest BCUT2D eigenvalue weighted by molar-refractivity contribution is 5.70.